The van der Waals surface area contributed by atoms with Gasteiger partial charge < -0.3 is 9.80 Å². The van der Waals surface area contributed by atoms with Crippen molar-refractivity contribution in [2.45, 2.75) is 26.9 Å². The maximum atomic E-state index is 12.8. The number of nitrogens with zero attached hydrogens (tertiary/aromatic N) is 4. The monoisotopic (exact) mass is 440 g/mol. The molecule has 0 radical (unpaired) electrons. The summed E-state index contributed by atoms with van der Waals surface area (Å²) < 4.78 is 38.4. The van der Waals surface area contributed by atoms with Crippen LogP contribution in [-0.4, -0.2) is 52.8 Å². The number of halogens is 4. The molecule has 0 aliphatic carbocycles. The Morgan fingerprint density at radius 1 is 1.07 bits per heavy atom. The second-order valence-electron chi connectivity index (χ2n) is 8.06. The van der Waals surface area contributed by atoms with E-state index in [4.69, 9.17) is 11.6 Å². The largest absolute Gasteiger partial charge is 0.416 e. The molecule has 0 atom stereocenters. The minimum absolute atomic E-state index is 0.0291. The first-order valence-electron chi connectivity index (χ1n) is 9.65. The summed E-state index contributed by atoms with van der Waals surface area (Å²) in [5, 5.41) is 0. The first-order valence-corrected chi connectivity index (χ1v) is 10.2. The summed E-state index contributed by atoms with van der Waals surface area (Å²) in [5.74, 6) is 1.36. The first-order chi connectivity index (χ1) is 14.0. The third-order valence-corrected chi connectivity index (χ3v) is 5.78. The average Bonchev–Trinajstić information content (AvgIpc) is 2.72. The second-order valence-corrected chi connectivity index (χ2v) is 8.33. The van der Waals surface area contributed by atoms with Crippen LogP contribution in [0.2, 0.25) is 0 Å². The van der Waals surface area contributed by atoms with Gasteiger partial charge in [0.2, 0.25) is 5.91 Å². The molecule has 1 fully saturated rings. The highest BCUT2D eigenvalue weighted by atomic mass is 35.5. The summed E-state index contributed by atoms with van der Waals surface area (Å²) in [6, 6.07) is 6.67. The normalized spacial score (nSPS) is 15.4. The van der Waals surface area contributed by atoms with Gasteiger partial charge in [-0.15, -0.1) is 11.6 Å². The van der Waals surface area contributed by atoms with E-state index in [1.54, 1.807) is 0 Å². The molecule has 162 valence electrons. The molecule has 0 unspecified atom stereocenters. The van der Waals surface area contributed by atoms with E-state index < -0.39 is 17.2 Å². The minimum atomic E-state index is -4.38. The van der Waals surface area contributed by atoms with Gasteiger partial charge in [0.15, 0.2) is 5.82 Å². The first kappa shape index (κ1) is 22.3. The van der Waals surface area contributed by atoms with Crippen molar-refractivity contribution in [3.63, 3.8) is 0 Å². The van der Waals surface area contributed by atoms with Gasteiger partial charge in [-0.1, -0.05) is 12.1 Å². The Bertz CT molecular complexity index is 907. The zero-order valence-corrected chi connectivity index (χ0v) is 17.9. The van der Waals surface area contributed by atoms with Crippen molar-refractivity contribution in [1.82, 2.24) is 14.9 Å². The molecule has 2 heterocycles. The van der Waals surface area contributed by atoms with E-state index in [2.05, 4.69) is 14.9 Å². The van der Waals surface area contributed by atoms with Crippen molar-refractivity contribution in [3.05, 3.63) is 41.6 Å². The summed E-state index contributed by atoms with van der Waals surface area (Å²) in [7, 11) is 0. The Balaban J connectivity index is 1.76. The number of hydrogen-bond acceptors (Lipinski definition) is 4. The topological polar surface area (TPSA) is 49.3 Å². The Labute approximate surface area is 178 Å². The Kier molecular flexibility index (Phi) is 6.26. The van der Waals surface area contributed by atoms with E-state index in [0.717, 1.165) is 17.8 Å². The van der Waals surface area contributed by atoms with Gasteiger partial charge in [0.25, 0.3) is 0 Å². The number of alkyl halides is 4. The molecule has 1 aliphatic heterocycles. The van der Waals surface area contributed by atoms with Crippen LogP contribution in [0.5, 0.6) is 0 Å². The van der Waals surface area contributed by atoms with Crippen LogP contribution in [-0.2, 0) is 11.0 Å². The van der Waals surface area contributed by atoms with Crippen LogP contribution >= 0.6 is 11.6 Å². The zero-order chi connectivity index (χ0) is 22.1. The van der Waals surface area contributed by atoms with Gasteiger partial charge in [0.05, 0.1) is 11.0 Å². The fourth-order valence-corrected chi connectivity index (χ4v) is 3.39. The summed E-state index contributed by atoms with van der Waals surface area (Å²) in [5.41, 5.74) is -0.0765. The number of benzene rings is 1. The molecule has 0 N–H and O–H groups in total. The van der Waals surface area contributed by atoms with Crippen LogP contribution in [0.3, 0.4) is 0 Å². The number of aromatic nitrogens is 2. The number of rotatable bonds is 4. The lowest BCUT2D eigenvalue weighted by atomic mass is 9.94. The average molecular weight is 441 g/mol. The van der Waals surface area contributed by atoms with Crippen molar-refractivity contribution >= 4 is 23.3 Å². The number of amides is 1. The van der Waals surface area contributed by atoms with Crippen LogP contribution in [0.25, 0.3) is 11.4 Å². The molecule has 1 aliphatic rings. The lowest BCUT2D eigenvalue weighted by molar-refractivity contribution is -0.139. The molecule has 0 saturated carbocycles. The number of piperazine rings is 1. The number of carbonyl (C=O) groups excluding carboxylic acids is 1. The summed E-state index contributed by atoms with van der Waals surface area (Å²) in [6.45, 7) is 7.80. The smallest absolute Gasteiger partial charge is 0.353 e. The van der Waals surface area contributed by atoms with Crippen molar-refractivity contribution in [2.24, 2.45) is 5.41 Å². The zero-order valence-electron chi connectivity index (χ0n) is 17.1. The third-order valence-electron chi connectivity index (χ3n) is 5.12. The van der Waals surface area contributed by atoms with Crippen LogP contribution < -0.4 is 4.90 Å². The van der Waals surface area contributed by atoms with Gasteiger partial charge in [0.1, 0.15) is 5.82 Å². The third kappa shape index (κ3) is 4.86. The SMILES string of the molecule is Cc1cc(N2CCN(C(=O)C(C)(C)CCl)CC2)nc(-c2ccc(C(F)(F)F)cc2)n1. The highest BCUT2D eigenvalue weighted by Gasteiger charge is 2.33. The molecule has 1 aromatic carbocycles. The van der Waals surface area contributed by atoms with Gasteiger partial charge in [0, 0.05) is 49.4 Å². The van der Waals surface area contributed by atoms with E-state index in [0.29, 0.717) is 43.4 Å². The molecule has 1 aromatic heterocycles. The molecule has 5 nitrogen and oxygen atoms in total. The molecular weight excluding hydrogens is 417 g/mol. The van der Waals surface area contributed by atoms with Crippen molar-refractivity contribution in [1.29, 1.82) is 0 Å². The molecule has 2 aromatic rings. The molecule has 30 heavy (non-hydrogen) atoms. The van der Waals surface area contributed by atoms with Crippen molar-refractivity contribution in [3.8, 4) is 11.4 Å². The lowest BCUT2D eigenvalue weighted by Crippen LogP contribution is -2.52. The van der Waals surface area contributed by atoms with Crippen LogP contribution in [0.4, 0.5) is 19.0 Å². The minimum Gasteiger partial charge on any atom is -0.353 e. The maximum Gasteiger partial charge on any atom is 0.416 e. The Morgan fingerprint density at radius 2 is 1.67 bits per heavy atom. The Morgan fingerprint density at radius 3 is 2.20 bits per heavy atom. The molecule has 0 bridgehead atoms. The molecule has 0 spiro atoms. The molecule has 9 heteroatoms. The van der Waals surface area contributed by atoms with E-state index in [9.17, 15) is 18.0 Å². The summed E-state index contributed by atoms with van der Waals surface area (Å²) in [4.78, 5) is 25.4. The van der Waals surface area contributed by atoms with Gasteiger partial charge in [-0.05, 0) is 32.9 Å². The highest BCUT2D eigenvalue weighted by molar-refractivity contribution is 6.19. The van der Waals surface area contributed by atoms with Gasteiger partial charge >= 0.3 is 6.18 Å². The van der Waals surface area contributed by atoms with Gasteiger partial charge in [-0.3, -0.25) is 4.79 Å². The fourth-order valence-electron chi connectivity index (χ4n) is 3.28. The van der Waals surface area contributed by atoms with Crippen molar-refractivity contribution < 1.29 is 18.0 Å². The van der Waals surface area contributed by atoms with E-state index in [1.807, 2.05) is 31.7 Å². The number of hydrogen-bond donors (Lipinski definition) is 0. The van der Waals surface area contributed by atoms with Gasteiger partial charge in [-0.25, -0.2) is 9.97 Å². The highest BCUT2D eigenvalue weighted by Crippen LogP contribution is 2.31. The number of aryl methyl sites for hydroxylation is 1. The van der Waals surface area contributed by atoms with Gasteiger partial charge in [-0.2, -0.15) is 13.2 Å². The molecule has 1 saturated heterocycles. The predicted molar refractivity (Wildman–Crippen MR) is 111 cm³/mol. The molecule has 3 rings (SSSR count). The van der Waals surface area contributed by atoms with E-state index >= 15 is 0 Å². The summed E-state index contributed by atoms with van der Waals surface area (Å²) in [6.07, 6.45) is -4.38. The standard InChI is InChI=1S/C21H24ClF3N4O/c1-14-12-17(28-8-10-29(11-9-28)19(30)20(2,3)13-22)27-18(26-14)15-4-6-16(7-5-15)21(23,24)25/h4-7,12H,8-11,13H2,1-3H3. The Hall–Kier alpha value is -2.35. The second kappa shape index (κ2) is 8.41. The number of anilines is 1. The van der Waals surface area contributed by atoms with Crippen LogP contribution in [0.1, 0.15) is 25.1 Å². The summed E-state index contributed by atoms with van der Waals surface area (Å²) >= 11 is 5.92. The lowest BCUT2D eigenvalue weighted by Gasteiger charge is -2.38. The predicted octanol–water partition coefficient (Wildman–Crippen LogP) is 4.38. The molecule has 1 amide bonds. The quantitative estimate of drug-likeness (QED) is 0.662. The van der Waals surface area contributed by atoms with Crippen molar-refractivity contribution in [2.75, 3.05) is 37.0 Å². The maximum absolute atomic E-state index is 12.8. The number of carbonyl (C=O) groups is 1. The van der Waals surface area contributed by atoms with Crippen LogP contribution in [0.15, 0.2) is 30.3 Å². The van der Waals surface area contributed by atoms with E-state index in [1.165, 1.54) is 12.1 Å². The molecular formula is C21H24ClF3N4O. The van der Waals surface area contributed by atoms with E-state index in [-0.39, 0.29) is 11.8 Å². The van der Waals surface area contributed by atoms with Crippen LogP contribution in [0, 0.1) is 12.3 Å². The fraction of sp³-hybridized carbons (Fsp3) is 0.476.